The average molecular weight is 396 g/mol. The Morgan fingerprint density at radius 1 is 1.07 bits per heavy atom. The molecule has 0 saturated carbocycles. The van der Waals surface area contributed by atoms with Crippen molar-refractivity contribution in [2.24, 2.45) is 17.3 Å². The van der Waals surface area contributed by atoms with Gasteiger partial charge in [0.1, 0.15) is 0 Å². The second-order valence-corrected chi connectivity index (χ2v) is 10.5. The number of ketones is 1. The second kappa shape index (κ2) is 8.10. The van der Waals surface area contributed by atoms with E-state index in [0.29, 0.717) is 24.9 Å². The first kappa shape index (κ1) is 21.6. The monoisotopic (exact) mass is 395 g/mol. The quantitative estimate of drug-likeness (QED) is 0.716. The van der Waals surface area contributed by atoms with E-state index in [0.717, 1.165) is 6.42 Å². The highest BCUT2D eigenvalue weighted by atomic mass is 32.2. The number of benzene rings is 1. The summed E-state index contributed by atoms with van der Waals surface area (Å²) in [4.78, 5) is 24.1. The van der Waals surface area contributed by atoms with E-state index in [1.165, 1.54) is 28.6 Å². The lowest BCUT2D eigenvalue weighted by Gasteiger charge is -2.34. The third-order valence-corrected chi connectivity index (χ3v) is 6.58. The van der Waals surface area contributed by atoms with Crippen molar-refractivity contribution in [3.05, 3.63) is 29.8 Å². The van der Waals surface area contributed by atoms with Gasteiger partial charge in [-0.1, -0.05) is 34.6 Å². The Kier molecular flexibility index (Phi) is 6.47. The SMILES string of the molecule is CC1CC(C)CN(S(=O)(=O)c2ccc(C(=O)OCC(=O)C(C)(C)C)cc2)C1. The van der Waals surface area contributed by atoms with Gasteiger partial charge in [0.05, 0.1) is 10.5 Å². The highest BCUT2D eigenvalue weighted by Crippen LogP contribution is 2.26. The zero-order chi connectivity index (χ0) is 20.4. The molecule has 0 bridgehead atoms. The molecule has 0 amide bonds. The van der Waals surface area contributed by atoms with Crippen LogP contribution in [-0.4, -0.2) is 44.2 Å². The van der Waals surface area contributed by atoms with Crippen LogP contribution in [0.3, 0.4) is 0 Å². The Bertz CT molecular complexity index is 783. The first-order valence-corrected chi connectivity index (χ1v) is 10.7. The molecule has 0 N–H and O–H groups in total. The van der Waals surface area contributed by atoms with E-state index >= 15 is 0 Å². The van der Waals surface area contributed by atoms with Crippen molar-refractivity contribution in [2.45, 2.75) is 45.9 Å². The Morgan fingerprint density at radius 3 is 2.07 bits per heavy atom. The molecular formula is C20H29NO5S. The van der Waals surface area contributed by atoms with Crippen LogP contribution in [0.25, 0.3) is 0 Å². The molecule has 0 spiro atoms. The van der Waals surface area contributed by atoms with Gasteiger partial charge in [-0.05, 0) is 42.5 Å². The Balaban J connectivity index is 2.08. The molecule has 0 aromatic heterocycles. The number of carbonyl (C=O) groups is 2. The van der Waals surface area contributed by atoms with Crippen molar-refractivity contribution < 1.29 is 22.7 Å². The summed E-state index contributed by atoms with van der Waals surface area (Å²) in [7, 11) is -3.59. The molecule has 2 rings (SSSR count). The predicted molar refractivity (Wildman–Crippen MR) is 103 cm³/mol. The van der Waals surface area contributed by atoms with Crippen molar-refractivity contribution in [3.8, 4) is 0 Å². The van der Waals surface area contributed by atoms with E-state index in [9.17, 15) is 18.0 Å². The van der Waals surface area contributed by atoms with Gasteiger partial charge in [-0.15, -0.1) is 0 Å². The minimum Gasteiger partial charge on any atom is -0.454 e. The maximum Gasteiger partial charge on any atom is 0.338 e. The maximum atomic E-state index is 12.8. The topological polar surface area (TPSA) is 80.8 Å². The molecule has 0 radical (unpaired) electrons. The summed E-state index contributed by atoms with van der Waals surface area (Å²) in [6.45, 7) is 10.1. The van der Waals surface area contributed by atoms with Gasteiger partial charge in [0.2, 0.25) is 10.0 Å². The van der Waals surface area contributed by atoms with E-state index in [2.05, 4.69) is 13.8 Å². The van der Waals surface area contributed by atoms with Gasteiger partial charge in [-0.3, -0.25) is 4.79 Å². The molecule has 1 aliphatic rings. The van der Waals surface area contributed by atoms with E-state index < -0.39 is 21.4 Å². The number of nitrogens with zero attached hydrogens (tertiary/aromatic N) is 1. The van der Waals surface area contributed by atoms with Crippen molar-refractivity contribution in [1.29, 1.82) is 0 Å². The first-order valence-electron chi connectivity index (χ1n) is 9.22. The number of rotatable bonds is 5. The summed E-state index contributed by atoms with van der Waals surface area (Å²) >= 11 is 0. The number of esters is 1. The normalized spacial score (nSPS) is 21.7. The van der Waals surface area contributed by atoms with Crippen LogP contribution >= 0.6 is 0 Å². The number of sulfonamides is 1. The Labute approximate surface area is 161 Å². The summed E-state index contributed by atoms with van der Waals surface area (Å²) in [5.41, 5.74) is -0.364. The van der Waals surface area contributed by atoms with Crippen LogP contribution in [-0.2, 0) is 19.6 Å². The third-order valence-electron chi connectivity index (χ3n) is 4.73. The molecule has 2 atom stereocenters. The van der Waals surface area contributed by atoms with Crippen LogP contribution in [0.15, 0.2) is 29.2 Å². The molecule has 1 aromatic rings. The molecule has 1 heterocycles. The number of piperidine rings is 1. The molecule has 2 unspecified atom stereocenters. The lowest BCUT2D eigenvalue weighted by Crippen LogP contribution is -2.42. The Hall–Kier alpha value is -1.73. The van der Waals surface area contributed by atoms with Crippen LogP contribution in [0.1, 0.15) is 51.4 Å². The van der Waals surface area contributed by atoms with Gasteiger partial charge >= 0.3 is 5.97 Å². The van der Waals surface area contributed by atoms with Gasteiger partial charge in [0, 0.05) is 18.5 Å². The third kappa shape index (κ3) is 5.39. The molecule has 0 aliphatic carbocycles. The molecule has 7 heteroatoms. The van der Waals surface area contributed by atoms with Crippen molar-refractivity contribution in [1.82, 2.24) is 4.31 Å². The highest BCUT2D eigenvalue weighted by Gasteiger charge is 2.31. The fourth-order valence-corrected chi connectivity index (χ4v) is 4.82. The zero-order valence-electron chi connectivity index (χ0n) is 16.7. The van der Waals surface area contributed by atoms with Crippen LogP contribution in [0.5, 0.6) is 0 Å². The molecule has 1 aliphatic heterocycles. The second-order valence-electron chi connectivity index (χ2n) is 8.54. The first-order chi connectivity index (χ1) is 12.4. The van der Waals surface area contributed by atoms with Gasteiger partial charge in [0.15, 0.2) is 12.4 Å². The zero-order valence-corrected chi connectivity index (χ0v) is 17.5. The van der Waals surface area contributed by atoms with Gasteiger partial charge in [0.25, 0.3) is 0 Å². The van der Waals surface area contributed by atoms with Crippen LogP contribution < -0.4 is 0 Å². The fourth-order valence-electron chi connectivity index (χ4n) is 3.14. The average Bonchev–Trinajstić information content (AvgIpc) is 2.57. The fraction of sp³-hybridized carbons (Fsp3) is 0.600. The van der Waals surface area contributed by atoms with Gasteiger partial charge in [-0.25, -0.2) is 13.2 Å². The summed E-state index contributed by atoms with van der Waals surface area (Å²) in [5, 5.41) is 0. The maximum absolute atomic E-state index is 12.8. The van der Waals surface area contributed by atoms with Crippen LogP contribution in [0.4, 0.5) is 0 Å². The molecule has 150 valence electrons. The van der Waals surface area contributed by atoms with E-state index in [4.69, 9.17) is 4.74 Å². The smallest absolute Gasteiger partial charge is 0.338 e. The standard InChI is InChI=1S/C20H29NO5S/c1-14-10-15(2)12-21(11-14)27(24,25)17-8-6-16(7-9-17)19(23)26-13-18(22)20(3,4)5/h6-9,14-15H,10-13H2,1-5H3. The largest absolute Gasteiger partial charge is 0.454 e. The van der Waals surface area contributed by atoms with Crippen molar-refractivity contribution in [2.75, 3.05) is 19.7 Å². The minimum atomic E-state index is -3.59. The molecule has 1 fully saturated rings. The molecule has 1 saturated heterocycles. The molecule has 1 aromatic carbocycles. The number of ether oxygens (including phenoxy) is 1. The summed E-state index contributed by atoms with van der Waals surface area (Å²) in [6, 6.07) is 5.68. The van der Waals surface area contributed by atoms with Crippen LogP contribution in [0, 0.1) is 17.3 Å². The van der Waals surface area contributed by atoms with E-state index in [-0.39, 0.29) is 22.8 Å². The van der Waals surface area contributed by atoms with Gasteiger partial charge in [-0.2, -0.15) is 4.31 Å². The number of hydrogen-bond acceptors (Lipinski definition) is 5. The summed E-state index contributed by atoms with van der Waals surface area (Å²) in [5.74, 6) is -0.184. The molecule has 6 nitrogen and oxygen atoms in total. The van der Waals surface area contributed by atoms with Gasteiger partial charge < -0.3 is 4.74 Å². The van der Waals surface area contributed by atoms with Crippen molar-refractivity contribution >= 4 is 21.8 Å². The Morgan fingerprint density at radius 2 is 1.59 bits per heavy atom. The lowest BCUT2D eigenvalue weighted by molar-refractivity contribution is -0.129. The number of carbonyl (C=O) groups excluding carboxylic acids is 2. The van der Waals surface area contributed by atoms with E-state index in [1.54, 1.807) is 20.8 Å². The minimum absolute atomic E-state index is 0.158. The van der Waals surface area contributed by atoms with Crippen LogP contribution in [0.2, 0.25) is 0 Å². The number of hydrogen-bond donors (Lipinski definition) is 0. The van der Waals surface area contributed by atoms with Crippen molar-refractivity contribution in [3.63, 3.8) is 0 Å². The molecular weight excluding hydrogens is 366 g/mol. The molecule has 27 heavy (non-hydrogen) atoms. The lowest BCUT2D eigenvalue weighted by atomic mass is 9.91. The summed E-state index contributed by atoms with van der Waals surface area (Å²) < 4.78 is 32.3. The summed E-state index contributed by atoms with van der Waals surface area (Å²) in [6.07, 6.45) is 1.02. The highest BCUT2D eigenvalue weighted by molar-refractivity contribution is 7.89. The predicted octanol–water partition coefficient (Wildman–Crippen LogP) is 3.13. The van der Waals surface area contributed by atoms with E-state index in [1.807, 2.05) is 0 Å². The number of Topliss-reactive ketones (excluding diaryl/α,β-unsaturated/α-hetero) is 1.